The molecule has 0 radical (unpaired) electrons. The molecular formula is C21H23N3O3. The molecule has 27 heavy (non-hydrogen) atoms. The largest absolute Gasteiger partial charge is 0.326 e. The predicted molar refractivity (Wildman–Crippen MR) is 102 cm³/mol. The van der Waals surface area contributed by atoms with E-state index in [0.29, 0.717) is 18.7 Å². The number of anilines is 1. The Morgan fingerprint density at radius 3 is 2.26 bits per heavy atom. The molecule has 6 heteroatoms. The quantitative estimate of drug-likeness (QED) is 0.800. The number of nitrogens with one attached hydrogen (secondary N) is 1. The first-order chi connectivity index (χ1) is 12.9. The van der Waals surface area contributed by atoms with Crippen LogP contribution in [0.5, 0.6) is 0 Å². The Morgan fingerprint density at radius 1 is 1.04 bits per heavy atom. The lowest BCUT2D eigenvalue weighted by Crippen LogP contribution is -2.62. The smallest absolute Gasteiger partial charge is 0.243 e. The zero-order valence-electron chi connectivity index (χ0n) is 15.5. The summed E-state index contributed by atoms with van der Waals surface area (Å²) in [5.74, 6) is -0.351. The fourth-order valence-electron chi connectivity index (χ4n) is 3.26. The van der Waals surface area contributed by atoms with E-state index in [-0.39, 0.29) is 23.8 Å². The van der Waals surface area contributed by atoms with Crippen molar-refractivity contribution in [2.45, 2.75) is 39.3 Å². The van der Waals surface area contributed by atoms with Crippen molar-refractivity contribution in [3.8, 4) is 0 Å². The number of rotatable bonds is 6. The molecule has 1 fully saturated rings. The molecule has 2 aromatic rings. The molecule has 1 N–H and O–H groups in total. The normalized spacial score (nSPS) is 15.9. The van der Waals surface area contributed by atoms with Crippen LogP contribution in [0.1, 0.15) is 31.4 Å². The van der Waals surface area contributed by atoms with Gasteiger partial charge in [-0.3, -0.25) is 14.4 Å². The van der Waals surface area contributed by atoms with E-state index in [1.54, 1.807) is 17.1 Å². The third-order valence-corrected chi connectivity index (χ3v) is 4.56. The van der Waals surface area contributed by atoms with Crippen molar-refractivity contribution in [2.75, 3.05) is 5.32 Å². The summed E-state index contributed by atoms with van der Waals surface area (Å²) in [4.78, 5) is 35.6. The Bertz CT molecular complexity index is 834. The second-order valence-corrected chi connectivity index (χ2v) is 6.74. The van der Waals surface area contributed by atoms with E-state index in [2.05, 4.69) is 5.32 Å². The fourth-order valence-corrected chi connectivity index (χ4v) is 3.26. The van der Waals surface area contributed by atoms with Crippen LogP contribution in [0.15, 0.2) is 54.6 Å². The molecule has 0 bridgehead atoms. The summed E-state index contributed by atoms with van der Waals surface area (Å²) in [5, 5.41) is 5.80. The van der Waals surface area contributed by atoms with E-state index in [1.807, 2.05) is 42.5 Å². The molecule has 1 heterocycles. The Kier molecular flexibility index (Phi) is 5.54. The maximum Gasteiger partial charge on any atom is 0.243 e. The van der Waals surface area contributed by atoms with Crippen molar-refractivity contribution in [3.05, 3.63) is 65.7 Å². The highest BCUT2D eigenvalue weighted by molar-refractivity contribution is 5.88. The molecule has 0 aromatic heterocycles. The summed E-state index contributed by atoms with van der Waals surface area (Å²) in [6, 6.07) is 17.2. The fraction of sp³-hybridized carbons (Fsp3) is 0.286. The Labute approximate surface area is 158 Å². The maximum atomic E-state index is 12.2. The summed E-state index contributed by atoms with van der Waals surface area (Å²) < 4.78 is 0. The standard InChI is InChI=1S/C21H23N3O3/c1-15(25)22-19-10-8-18(9-11-19)14-23(16(2)26)24-20(13-21(24)27)12-17-6-4-3-5-7-17/h3-11,20H,12-14H2,1-2H3,(H,22,25)/t20-/m1/s1. The molecule has 0 spiro atoms. The Hall–Kier alpha value is -3.15. The summed E-state index contributed by atoms with van der Waals surface area (Å²) in [6.07, 6.45) is 1.16. The maximum absolute atomic E-state index is 12.2. The van der Waals surface area contributed by atoms with E-state index >= 15 is 0 Å². The first-order valence-electron chi connectivity index (χ1n) is 8.94. The van der Waals surface area contributed by atoms with Gasteiger partial charge in [0.1, 0.15) is 0 Å². The highest BCUT2D eigenvalue weighted by Gasteiger charge is 2.41. The Morgan fingerprint density at radius 2 is 1.70 bits per heavy atom. The van der Waals surface area contributed by atoms with Crippen LogP contribution in [0.3, 0.4) is 0 Å². The van der Waals surface area contributed by atoms with Crippen LogP contribution in [-0.2, 0) is 27.3 Å². The van der Waals surface area contributed by atoms with E-state index in [0.717, 1.165) is 17.5 Å². The lowest BCUT2D eigenvalue weighted by atomic mass is 9.96. The molecule has 1 atom stereocenters. The van der Waals surface area contributed by atoms with Gasteiger partial charge in [-0.05, 0) is 29.7 Å². The number of hydrazine groups is 1. The van der Waals surface area contributed by atoms with Crippen LogP contribution in [0.2, 0.25) is 0 Å². The number of benzene rings is 2. The van der Waals surface area contributed by atoms with Gasteiger partial charge in [-0.25, -0.2) is 10.0 Å². The predicted octanol–water partition coefficient (Wildman–Crippen LogP) is 2.75. The summed E-state index contributed by atoms with van der Waals surface area (Å²) >= 11 is 0. The van der Waals surface area contributed by atoms with Gasteiger partial charge in [0.25, 0.3) is 0 Å². The lowest BCUT2D eigenvalue weighted by Gasteiger charge is -2.46. The molecule has 0 unspecified atom stereocenters. The van der Waals surface area contributed by atoms with Crippen LogP contribution < -0.4 is 5.32 Å². The van der Waals surface area contributed by atoms with Crippen molar-refractivity contribution >= 4 is 23.4 Å². The SMILES string of the molecule is CC(=O)Nc1ccc(CN(C(C)=O)N2C(=O)C[C@H]2Cc2ccccc2)cc1. The van der Waals surface area contributed by atoms with E-state index in [9.17, 15) is 14.4 Å². The van der Waals surface area contributed by atoms with Crippen molar-refractivity contribution in [2.24, 2.45) is 0 Å². The van der Waals surface area contributed by atoms with Crippen LogP contribution in [0.25, 0.3) is 0 Å². The van der Waals surface area contributed by atoms with Gasteiger partial charge >= 0.3 is 0 Å². The highest BCUT2D eigenvalue weighted by Crippen LogP contribution is 2.27. The molecule has 1 aliphatic heterocycles. The van der Waals surface area contributed by atoms with Crippen LogP contribution in [0, 0.1) is 0 Å². The van der Waals surface area contributed by atoms with Gasteiger partial charge in [0.2, 0.25) is 17.7 Å². The molecule has 1 aliphatic rings. The molecule has 0 saturated carbocycles. The Balaban J connectivity index is 1.71. The third kappa shape index (κ3) is 4.53. The monoisotopic (exact) mass is 365 g/mol. The summed E-state index contributed by atoms with van der Waals surface area (Å²) in [7, 11) is 0. The second-order valence-electron chi connectivity index (χ2n) is 6.74. The average Bonchev–Trinajstić information content (AvgIpc) is 2.62. The number of carbonyl (C=O) groups excluding carboxylic acids is 3. The minimum absolute atomic E-state index is 0.0116. The van der Waals surface area contributed by atoms with Crippen molar-refractivity contribution in [1.29, 1.82) is 0 Å². The molecule has 6 nitrogen and oxygen atoms in total. The number of nitrogens with zero attached hydrogens (tertiary/aromatic N) is 2. The zero-order valence-corrected chi connectivity index (χ0v) is 15.5. The van der Waals surface area contributed by atoms with Crippen LogP contribution in [-0.4, -0.2) is 33.8 Å². The van der Waals surface area contributed by atoms with E-state index < -0.39 is 0 Å². The van der Waals surface area contributed by atoms with Crippen molar-refractivity contribution in [1.82, 2.24) is 10.0 Å². The van der Waals surface area contributed by atoms with Gasteiger partial charge in [-0.15, -0.1) is 0 Å². The topological polar surface area (TPSA) is 69.7 Å². The van der Waals surface area contributed by atoms with Crippen molar-refractivity contribution < 1.29 is 14.4 Å². The molecular weight excluding hydrogens is 342 g/mol. The van der Waals surface area contributed by atoms with Crippen LogP contribution in [0.4, 0.5) is 5.69 Å². The molecule has 1 saturated heterocycles. The molecule has 3 rings (SSSR count). The number of hydrogen-bond donors (Lipinski definition) is 1. The molecule has 140 valence electrons. The number of hydrogen-bond acceptors (Lipinski definition) is 3. The molecule has 2 aromatic carbocycles. The van der Waals surface area contributed by atoms with Crippen molar-refractivity contribution in [3.63, 3.8) is 0 Å². The minimum atomic E-state index is -0.174. The summed E-state index contributed by atoms with van der Waals surface area (Å²) in [5.41, 5.74) is 2.73. The van der Waals surface area contributed by atoms with Gasteiger partial charge in [-0.1, -0.05) is 42.5 Å². The first-order valence-corrected chi connectivity index (χ1v) is 8.94. The zero-order chi connectivity index (χ0) is 19.4. The molecule has 3 amide bonds. The van der Waals surface area contributed by atoms with E-state index in [4.69, 9.17) is 0 Å². The van der Waals surface area contributed by atoms with Gasteiger partial charge in [0.05, 0.1) is 19.0 Å². The first kappa shape index (κ1) is 18.6. The average molecular weight is 365 g/mol. The summed E-state index contributed by atoms with van der Waals surface area (Å²) in [6.45, 7) is 3.23. The highest BCUT2D eigenvalue weighted by atomic mass is 16.2. The molecule has 0 aliphatic carbocycles. The van der Waals surface area contributed by atoms with Gasteiger partial charge in [0, 0.05) is 19.5 Å². The van der Waals surface area contributed by atoms with Gasteiger partial charge in [0.15, 0.2) is 0 Å². The number of carbonyl (C=O) groups is 3. The van der Waals surface area contributed by atoms with E-state index in [1.165, 1.54) is 18.9 Å². The van der Waals surface area contributed by atoms with Crippen LogP contribution >= 0.6 is 0 Å². The van der Waals surface area contributed by atoms with Gasteiger partial charge < -0.3 is 5.32 Å². The number of β-lactam (4-membered cyclic amide) rings is 1. The minimum Gasteiger partial charge on any atom is -0.326 e. The number of amides is 3. The van der Waals surface area contributed by atoms with Gasteiger partial charge in [-0.2, -0.15) is 0 Å². The second kappa shape index (κ2) is 8.03. The lowest BCUT2D eigenvalue weighted by molar-refractivity contribution is -0.185. The third-order valence-electron chi connectivity index (χ3n) is 4.56.